The van der Waals surface area contributed by atoms with Gasteiger partial charge in [0.1, 0.15) is 29.1 Å². The number of carbonyl (C=O) groups excluding carboxylic acids is 1. The molecule has 1 heterocycles. The second-order valence-electron chi connectivity index (χ2n) is 9.86. The normalized spacial score (nSPS) is 15.1. The summed E-state index contributed by atoms with van der Waals surface area (Å²) in [4.78, 5) is 23.8. The van der Waals surface area contributed by atoms with E-state index in [1.54, 1.807) is 12.1 Å². The van der Waals surface area contributed by atoms with E-state index in [1.807, 2.05) is 25.1 Å². The number of amides is 1. The highest BCUT2D eigenvalue weighted by molar-refractivity contribution is 5.95. The number of carbonyl (C=O) groups is 1. The van der Waals surface area contributed by atoms with Crippen LogP contribution in [0.1, 0.15) is 47.4 Å². The molecular weight excluding hydrogens is 477 g/mol. The van der Waals surface area contributed by atoms with Crippen LogP contribution in [0, 0.1) is 24.4 Å². The lowest BCUT2D eigenvalue weighted by molar-refractivity contribution is 0.0723. The Balaban J connectivity index is 1.33. The zero-order chi connectivity index (χ0) is 25.7. The molecule has 3 aromatic carbocycles. The van der Waals surface area contributed by atoms with Crippen molar-refractivity contribution in [3.05, 3.63) is 89.0 Å². The highest BCUT2D eigenvalue weighted by Gasteiger charge is 2.34. The van der Waals surface area contributed by atoms with Crippen molar-refractivity contribution in [3.8, 4) is 11.1 Å². The number of hydrogen-bond acceptors (Lipinski definition) is 4. The molecule has 6 rings (SSSR count). The third kappa shape index (κ3) is 4.88. The van der Waals surface area contributed by atoms with Crippen LogP contribution in [0.5, 0.6) is 0 Å². The van der Waals surface area contributed by atoms with Crippen molar-refractivity contribution in [2.75, 3.05) is 5.32 Å². The first-order valence-corrected chi connectivity index (χ1v) is 12.5. The summed E-state index contributed by atoms with van der Waals surface area (Å²) >= 11 is 0. The molecule has 4 aromatic rings. The summed E-state index contributed by atoms with van der Waals surface area (Å²) in [5, 5.41) is 4.36. The zero-order valence-electron chi connectivity index (χ0n) is 20.3. The van der Waals surface area contributed by atoms with E-state index in [4.69, 9.17) is 0 Å². The Hall–Kier alpha value is -3.94. The van der Waals surface area contributed by atoms with Crippen LogP contribution >= 0.6 is 0 Å². The second-order valence-corrected chi connectivity index (χ2v) is 9.86. The van der Waals surface area contributed by atoms with Gasteiger partial charge in [-0.1, -0.05) is 12.1 Å². The van der Waals surface area contributed by atoms with Crippen LogP contribution in [0.25, 0.3) is 22.0 Å². The minimum absolute atomic E-state index is 0.00956. The number of fused-ring (bicyclic) bond motifs is 1. The van der Waals surface area contributed by atoms with Gasteiger partial charge in [0.2, 0.25) is 0 Å². The molecule has 0 spiro atoms. The van der Waals surface area contributed by atoms with E-state index in [2.05, 4.69) is 15.3 Å². The first-order chi connectivity index (χ1) is 17.9. The highest BCUT2D eigenvalue weighted by Crippen LogP contribution is 2.34. The summed E-state index contributed by atoms with van der Waals surface area (Å²) in [7, 11) is 0. The average Bonchev–Trinajstić information content (AvgIpc) is 3.79. The van der Waals surface area contributed by atoms with Crippen molar-refractivity contribution in [2.24, 2.45) is 0 Å². The average molecular weight is 503 g/mol. The lowest BCUT2D eigenvalue weighted by atomic mass is 10.0. The molecule has 2 saturated carbocycles. The van der Waals surface area contributed by atoms with E-state index in [0.717, 1.165) is 65.7 Å². The van der Waals surface area contributed by atoms with Gasteiger partial charge in [-0.05, 0) is 80.1 Å². The summed E-state index contributed by atoms with van der Waals surface area (Å²) in [5.41, 5.74) is 2.59. The number of benzene rings is 3. The molecule has 188 valence electrons. The van der Waals surface area contributed by atoms with Crippen LogP contribution in [-0.2, 0) is 6.54 Å². The van der Waals surface area contributed by atoms with Gasteiger partial charge in [0.05, 0.1) is 11.1 Å². The van der Waals surface area contributed by atoms with Gasteiger partial charge in [-0.15, -0.1) is 0 Å². The fourth-order valence-electron chi connectivity index (χ4n) is 4.58. The maximum atomic E-state index is 14.9. The van der Waals surface area contributed by atoms with E-state index in [0.29, 0.717) is 23.5 Å². The van der Waals surface area contributed by atoms with Crippen LogP contribution in [-0.4, -0.2) is 32.9 Å². The summed E-state index contributed by atoms with van der Waals surface area (Å²) < 4.78 is 42.7. The molecule has 37 heavy (non-hydrogen) atoms. The van der Waals surface area contributed by atoms with Gasteiger partial charge in [-0.3, -0.25) is 4.79 Å². The van der Waals surface area contributed by atoms with Crippen LogP contribution in [0.4, 0.5) is 19.0 Å². The number of nitrogens with one attached hydrogen (secondary N) is 1. The van der Waals surface area contributed by atoms with Gasteiger partial charge in [0.25, 0.3) is 5.91 Å². The third-order valence-corrected chi connectivity index (χ3v) is 6.86. The molecule has 2 fully saturated rings. The fourth-order valence-corrected chi connectivity index (χ4v) is 4.58. The lowest BCUT2D eigenvalue weighted by Crippen LogP contribution is -2.33. The quantitative estimate of drug-likeness (QED) is 0.318. The number of hydrogen-bond donors (Lipinski definition) is 1. The summed E-state index contributed by atoms with van der Waals surface area (Å²) in [5.74, 6) is -1.21. The summed E-state index contributed by atoms with van der Waals surface area (Å²) in [6, 6.07) is 13.9. The number of halogens is 3. The Morgan fingerprint density at radius 1 is 0.919 bits per heavy atom. The molecule has 0 bridgehead atoms. The van der Waals surface area contributed by atoms with Crippen LogP contribution in [0.15, 0.2) is 54.6 Å². The molecule has 0 unspecified atom stereocenters. The molecule has 1 N–H and O–H groups in total. The molecule has 0 radical (unpaired) electrons. The number of anilines is 1. The van der Waals surface area contributed by atoms with Crippen molar-refractivity contribution in [3.63, 3.8) is 0 Å². The Labute approximate surface area is 212 Å². The van der Waals surface area contributed by atoms with Crippen LogP contribution in [0.3, 0.4) is 0 Å². The standard InChI is InChI=1S/C29H25F3N4O/c1-16-33-27-11-3-18(13-24(27)28(34-16)35-21-5-6-21)17-2-10-25(31)19(12-17)15-36(22-7-8-22)29(37)23-9-4-20(30)14-26(23)32/h2-4,9-14,21-22H,5-8,15H2,1H3,(H,33,34,35). The summed E-state index contributed by atoms with van der Waals surface area (Å²) in [6.07, 6.45) is 3.75. The van der Waals surface area contributed by atoms with Crippen molar-refractivity contribution in [2.45, 2.75) is 51.2 Å². The fraction of sp³-hybridized carbons (Fsp3) is 0.276. The smallest absolute Gasteiger partial charge is 0.257 e. The lowest BCUT2D eigenvalue weighted by Gasteiger charge is -2.23. The van der Waals surface area contributed by atoms with Gasteiger partial charge in [-0.2, -0.15) is 0 Å². The predicted octanol–water partition coefficient (Wildman–Crippen LogP) is 6.40. The minimum atomic E-state index is -0.922. The largest absolute Gasteiger partial charge is 0.367 e. The first-order valence-electron chi connectivity index (χ1n) is 12.5. The Morgan fingerprint density at radius 3 is 2.41 bits per heavy atom. The van der Waals surface area contributed by atoms with E-state index >= 15 is 0 Å². The van der Waals surface area contributed by atoms with Crippen molar-refractivity contribution in [1.29, 1.82) is 0 Å². The van der Waals surface area contributed by atoms with E-state index in [9.17, 15) is 18.0 Å². The molecule has 0 atom stereocenters. The van der Waals surface area contributed by atoms with Gasteiger partial charge in [-0.25, -0.2) is 23.1 Å². The Bertz CT molecular complexity index is 1530. The number of nitrogens with zero attached hydrogens (tertiary/aromatic N) is 3. The summed E-state index contributed by atoms with van der Waals surface area (Å²) in [6.45, 7) is 1.85. The van der Waals surface area contributed by atoms with E-state index in [1.165, 1.54) is 11.0 Å². The third-order valence-electron chi connectivity index (χ3n) is 6.86. The van der Waals surface area contributed by atoms with Gasteiger partial charge < -0.3 is 10.2 Å². The van der Waals surface area contributed by atoms with Gasteiger partial charge in [0, 0.05) is 35.6 Å². The molecule has 1 amide bonds. The van der Waals surface area contributed by atoms with Crippen LogP contribution < -0.4 is 5.32 Å². The Kier molecular flexibility index (Phi) is 5.82. The molecule has 2 aliphatic rings. The molecule has 0 saturated heterocycles. The van der Waals surface area contributed by atoms with Gasteiger partial charge in [0.15, 0.2) is 0 Å². The second kappa shape index (κ2) is 9.18. The number of aryl methyl sites for hydroxylation is 1. The zero-order valence-corrected chi connectivity index (χ0v) is 20.3. The maximum absolute atomic E-state index is 14.9. The molecular formula is C29H25F3N4O. The molecule has 1 aromatic heterocycles. The predicted molar refractivity (Wildman–Crippen MR) is 136 cm³/mol. The number of rotatable bonds is 7. The van der Waals surface area contributed by atoms with Gasteiger partial charge >= 0.3 is 0 Å². The highest BCUT2D eigenvalue weighted by atomic mass is 19.1. The maximum Gasteiger partial charge on any atom is 0.257 e. The van der Waals surface area contributed by atoms with E-state index in [-0.39, 0.29) is 18.2 Å². The Morgan fingerprint density at radius 2 is 1.68 bits per heavy atom. The van der Waals surface area contributed by atoms with E-state index < -0.39 is 23.4 Å². The SMILES string of the molecule is Cc1nc(NC2CC2)c2cc(-c3ccc(F)c(CN(C(=O)c4ccc(F)cc4F)C4CC4)c3)ccc2n1. The van der Waals surface area contributed by atoms with Crippen molar-refractivity contribution >= 4 is 22.6 Å². The van der Waals surface area contributed by atoms with Crippen molar-refractivity contribution in [1.82, 2.24) is 14.9 Å². The molecule has 8 heteroatoms. The topological polar surface area (TPSA) is 58.1 Å². The molecule has 0 aliphatic heterocycles. The molecule has 2 aliphatic carbocycles. The first kappa shape index (κ1) is 23.5. The van der Waals surface area contributed by atoms with Crippen LogP contribution in [0.2, 0.25) is 0 Å². The number of aromatic nitrogens is 2. The van der Waals surface area contributed by atoms with Crippen molar-refractivity contribution < 1.29 is 18.0 Å². The minimum Gasteiger partial charge on any atom is -0.367 e. The molecule has 5 nitrogen and oxygen atoms in total. The monoisotopic (exact) mass is 502 g/mol.